The zero-order valence-electron chi connectivity index (χ0n) is 16.0. The van der Waals surface area contributed by atoms with Crippen molar-refractivity contribution >= 4 is 12.1 Å². The first kappa shape index (κ1) is 18.6. The van der Waals surface area contributed by atoms with Gasteiger partial charge in [-0.1, -0.05) is 25.5 Å². The van der Waals surface area contributed by atoms with Crippen LogP contribution in [0.5, 0.6) is 0 Å². The fourth-order valence-electron chi connectivity index (χ4n) is 6.97. The Morgan fingerprint density at radius 2 is 2.04 bits per heavy atom. The Labute approximate surface area is 158 Å². The van der Waals surface area contributed by atoms with Crippen molar-refractivity contribution in [3.63, 3.8) is 0 Å². The molecule has 0 aromatic carbocycles. The quantitative estimate of drug-likeness (QED) is 0.418. The molecule has 7 atom stereocenters. The first-order valence-corrected chi connectivity index (χ1v) is 9.79. The third-order valence-corrected chi connectivity index (χ3v) is 8.13. The number of rotatable bonds is 1. The minimum absolute atomic E-state index is 0.0343. The second kappa shape index (κ2) is 5.63. The number of carbonyl (C=O) groups is 2. The normalized spacial score (nSPS) is 50.4. The van der Waals surface area contributed by atoms with Crippen LogP contribution in [0.4, 0.5) is 4.39 Å². The van der Waals surface area contributed by atoms with Gasteiger partial charge in [0.15, 0.2) is 23.5 Å². The maximum atomic E-state index is 16.8. The number of fused-ring (bicyclic) bond motifs is 5. The SMILES string of the molecule is C[C@H]1C[C@@H]2[C@H]3CCC4=CC(=O)C=C[C@]4(C)[C@@]3(F)[C@@H](O)C[C@]2(C)/C1=C(\O)C=O. The van der Waals surface area contributed by atoms with Crippen LogP contribution in [-0.4, -0.2) is 34.1 Å². The molecule has 2 N–H and O–H groups in total. The number of hydrogen-bond acceptors (Lipinski definition) is 4. The molecule has 4 aliphatic carbocycles. The maximum absolute atomic E-state index is 16.8. The van der Waals surface area contributed by atoms with Gasteiger partial charge < -0.3 is 10.2 Å². The first-order chi connectivity index (χ1) is 12.6. The van der Waals surface area contributed by atoms with E-state index >= 15 is 4.39 Å². The highest BCUT2D eigenvalue weighted by atomic mass is 19.1. The molecule has 5 heteroatoms. The van der Waals surface area contributed by atoms with Crippen LogP contribution in [0.3, 0.4) is 0 Å². The predicted octanol–water partition coefficient (Wildman–Crippen LogP) is 3.61. The number of carbonyl (C=O) groups excluding carboxylic acids is 2. The van der Waals surface area contributed by atoms with Gasteiger partial charge in [0.2, 0.25) is 0 Å². The number of hydrogen-bond donors (Lipinski definition) is 2. The van der Waals surface area contributed by atoms with Crippen LogP contribution in [0.2, 0.25) is 0 Å². The van der Waals surface area contributed by atoms with Crippen molar-refractivity contribution in [3.05, 3.63) is 35.1 Å². The molecule has 0 bridgehead atoms. The highest BCUT2D eigenvalue weighted by Crippen LogP contribution is 2.69. The third-order valence-electron chi connectivity index (χ3n) is 8.13. The van der Waals surface area contributed by atoms with Crippen molar-refractivity contribution in [3.8, 4) is 0 Å². The lowest BCUT2D eigenvalue weighted by molar-refractivity contribution is -0.184. The zero-order chi connectivity index (χ0) is 19.8. The van der Waals surface area contributed by atoms with Gasteiger partial charge in [0.1, 0.15) is 0 Å². The van der Waals surface area contributed by atoms with E-state index in [0.29, 0.717) is 31.1 Å². The Morgan fingerprint density at radius 3 is 2.70 bits per heavy atom. The Hall–Kier alpha value is -1.75. The van der Waals surface area contributed by atoms with E-state index in [1.165, 1.54) is 12.2 Å². The largest absolute Gasteiger partial charge is 0.505 e. The second-order valence-electron chi connectivity index (χ2n) is 9.32. The molecule has 4 aliphatic rings. The maximum Gasteiger partial charge on any atom is 0.184 e. The summed E-state index contributed by atoms with van der Waals surface area (Å²) in [5.41, 5.74) is -2.06. The van der Waals surface area contributed by atoms with Gasteiger partial charge in [-0.05, 0) is 67.6 Å². The van der Waals surface area contributed by atoms with Gasteiger partial charge in [-0.15, -0.1) is 0 Å². The summed E-state index contributed by atoms with van der Waals surface area (Å²) >= 11 is 0. The molecule has 146 valence electrons. The predicted molar refractivity (Wildman–Crippen MR) is 98.6 cm³/mol. The Kier molecular flexibility index (Phi) is 3.88. The van der Waals surface area contributed by atoms with Crippen molar-refractivity contribution in [1.29, 1.82) is 0 Å². The summed E-state index contributed by atoms with van der Waals surface area (Å²) in [5, 5.41) is 21.3. The molecule has 0 unspecified atom stereocenters. The summed E-state index contributed by atoms with van der Waals surface area (Å²) in [6.45, 7) is 5.70. The lowest BCUT2D eigenvalue weighted by Gasteiger charge is -2.61. The van der Waals surface area contributed by atoms with Crippen molar-refractivity contribution < 1.29 is 24.2 Å². The fourth-order valence-corrected chi connectivity index (χ4v) is 6.97. The van der Waals surface area contributed by atoms with Crippen LogP contribution in [0.25, 0.3) is 0 Å². The smallest absolute Gasteiger partial charge is 0.184 e. The minimum atomic E-state index is -1.87. The van der Waals surface area contributed by atoms with Gasteiger partial charge in [-0.3, -0.25) is 9.59 Å². The lowest BCUT2D eigenvalue weighted by atomic mass is 9.45. The molecule has 3 fully saturated rings. The van der Waals surface area contributed by atoms with Crippen LogP contribution in [-0.2, 0) is 9.59 Å². The highest BCUT2D eigenvalue weighted by Gasteiger charge is 2.70. The van der Waals surface area contributed by atoms with Crippen molar-refractivity contribution in [2.75, 3.05) is 0 Å². The van der Waals surface area contributed by atoms with Crippen LogP contribution in [0.15, 0.2) is 35.1 Å². The average Bonchev–Trinajstić information content (AvgIpc) is 2.86. The Balaban J connectivity index is 1.85. The molecular formula is C22H27FO4. The van der Waals surface area contributed by atoms with Gasteiger partial charge >= 0.3 is 0 Å². The summed E-state index contributed by atoms with van der Waals surface area (Å²) in [5.74, 6) is -0.895. The van der Waals surface area contributed by atoms with Crippen LogP contribution in [0, 0.1) is 28.6 Å². The first-order valence-electron chi connectivity index (χ1n) is 9.79. The number of allylic oxidation sites excluding steroid dienone is 6. The van der Waals surface area contributed by atoms with E-state index < -0.39 is 28.5 Å². The second-order valence-corrected chi connectivity index (χ2v) is 9.32. The average molecular weight is 374 g/mol. The molecule has 3 saturated carbocycles. The molecule has 4 rings (SSSR count). The molecule has 4 nitrogen and oxygen atoms in total. The van der Waals surface area contributed by atoms with Crippen molar-refractivity contribution in [2.45, 2.75) is 58.2 Å². The molecule has 0 heterocycles. The van der Waals surface area contributed by atoms with E-state index in [-0.39, 0.29) is 29.8 Å². The third kappa shape index (κ3) is 2.12. The molecule has 0 radical (unpaired) electrons. The summed E-state index contributed by atoms with van der Waals surface area (Å²) in [6, 6.07) is 0. The van der Waals surface area contributed by atoms with Gasteiger partial charge in [0, 0.05) is 11.3 Å². The number of aldehydes is 1. The molecule has 0 aromatic heterocycles. The molecule has 27 heavy (non-hydrogen) atoms. The van der Waals surface area contributed by atoms with E-state index in [4.69, 9.17) is 0 Å². The summed E-state index contributed by atoms with van der Waals surface area (Å²) in [4.78, 5) is 23.1. The summed E-state index contributed by atoms with van der Waals surface area (Å²) in [6.07, 6.45) is 5.82. The van der Waals surface area contributed by atoms with Gasteiger partial charge in [-0.25, -0.2) is 4.39 Å². The van der Waals surface area contributed by atoms with Crippen LogP contribution < -0.4 is 0 Å². The van der Waals surface area contributed by atoms with Gasteiger partial charge in [0.25, 0.3) is 0 Å². The van der Waals surface area contributed by atoms with Crippen LogP contribution in [0.1, 0.15) is 46.5 Å². The molecule has 0 saturated heterocycles. The minimum Gasteiger partial charge on any atom is -0.505 e. The Bertz CT molecular complexity index is 811. The number of alkyl halides is 1. The monoisotopic (exact) mass is 374 g/mol. The molecule has 0 aromatic rings. The van der Waals surface area contributed by atoms with Crippen LogP contribution >= 0.6 is 0 Å². The number of halogens is 1. The molecule has 0 amide bonds. The van der Waals surface area contributed by atoms with E-state index in [9.17, 15) is 19.8 Å². The van der Waals surface area contributed by atoms with Gasteiger partial charge in [-0.2, -0.15) is 0 Å². The summed E-state index contributed by atoms with van der Waals surface area (Å²) in [7, 11) is 0. The molecule has 0 aliphatic heterocycles. The summed E-state index contributed by atoms with van der Waals surface area (Å²) < 4.78 is 16.8. The number of ketones is 1. The molecule has 0 spiro atoms. The van der Waals surface area contributed by atoms with Crippen molar-refractivity contribution in [2.24, 2.45) is 28.6 Å². The lowest BCUT2D eigenvalue weighted by Crippen LogP contribution is -2.66. The van der Waals surface area contributed by atoms with E-state index in [1.54, 1.807) is 13.0 Å². The highest BCUT2D eigenvalue weighted by molar-refractivity contribution is 6.01. The van der Waals surface area contributed by atoms with E-state index in [1.807, 2.05) is 13.8 Å². The van der Waals surface area contributed by atoms with Gasteiger partial charge in [0.05, 0.1) is 6.10 Å². The number of aliphatic hydroxyl groups excluding tert-OH is 2. The van der Waals surface area contributed by atoms with E-state index in [0.717, 1.165) is 5.57 Å². The number of aliphatic hydroxyl groups is 2. The fraction of sp³-hybridized carbons (Fsp3) is 0.636. The van der Waals surface area contributed by atoms with E-state index in [2.05, 4.69) is 0 Å². The topological polar surface area (TPSA) is 74.6 Å². The van der Waals surface area contributed by atoms with Crippen molar-refractivity contribution in [1.82, 2.24) is 0 Å². The Morgan fingerprint density at radius 1 is 1.33 bits per heavy atom. The molecular weight excluding hydrogens is 347 g/mol. The zero-order valence-corrected chi connectivity index (χ0v) is 16.0. The standard InChI is InChI=1S/C22H27FO4/c1-12-8-16-15-5-4-13-9-14(25)6-7-21(13,3)22(15,23)18(27)10-20(16,2)19(12)17(26)11-24/h6-7,9,11-12,15-16,18,26-27H,4-5,8,10H2,1-3H3/b19-17-/t12-,15+,16+,18-,20-,21-,22-/m0/s1.